The quantitative estimate of drug-likeness (QED) is 0.792. The van der Waals surface area contributed by atoms with Gasteiger partial charge in [-0.05, 0) is 56.0 Å². The standard InChI is InChI=1S/C13H16N2O/c14-9-12-8-11(1-2-13(12)16)7-10-3-5-15-6-4-10/h1-2,8,10,15-16H,3-7H2. The van der Waals surface area contributed by atoms with Gasteiger partial charge in [-0.3, -0.25) is 0 Å². The molecule has 0 saturated carbocycles. The number of nitrogens with one attached hydrogen (secondary N) is 1. The van der Waals surface area contributed by atoms with Crippen LogP contribution in [-0.2, 0) is 6.42 Å². The molecule has 3 nitrogen and oxygen atoms in total. The Morgan fingerprint density at radius 3 is 2.81 bits per heavy atom. The number of rotatable bonds is 2. The highest BCUT2D eigenvalue weighted by Crippen LogP contribution is 2.22. The third-order valence-electron chi connectivity index (χ3n) is 3.16. The molecule has 16 heavy (non-hydrogen) atoms. The fraction of sp³-hybridized carbons (Fsp3) is 0.462. The Morgan fingerprint density at radius 2 is 2.12 bits per heavy atom. The van der Waals surface area contributed by atoms with Gasteiger partial charge in [-0.25, -0.2) is 0 Å². The fourth-order valence-corrected chi connectivity index (χ4v) is 2.22. The van der Waals surface area contributed by atoms with Crippen LogP contribution in [-0.4, -0.2) is 18.2 Å². The lowest BCUT2D eigenvalue weighted by molar-refractivity contribution is 0.372. The monoisotopic (exact) mass is 216 g/mol. The average molecular weight is 216 g/mol. The SMILES string of the molecule is N#Cc1cc(CC2CCNCC2)ccc1O. The van der Waals surface area contributed by atoms with Crippen molar-refractivity contribution in [2.45, 2.75) is 19.3 Å². The summed E-state index contributed by atoms with van der Waals surface area (Å²) in [7, 11) is 0. The van der Waals surface area contributed by atoms with E-state index in [1.165, 1.54) is 12.8 Å². The predicted molar refractivity (Wildman–Crippen MR) is 62.1 cm³/mol. The molecule has 0 radical (unpaired) electrons. The summed E-state index contributed by atoms with van der Waals surface area (Å²) in [4.78, 5) is 0. The predicted octanol–water partition coefficient (Wildman–Crippen LogP) is 1.81. The molecule has 1 aromatic carbocycles. The van der Waals surface area contributed by atoms with Gasteiger partial charge >= 0.3 is 0 Å². The van der Waals surface area contributed by atoms with Gasteiger partial charge in [-0.1, -0.05) is 6.07 Å². The van der Waals surface area contributed by atoms with Gasteiger partial charge in [0, 0.05) is 0 Å². The minimum Gasteiger partial charge on any atom is -0.507 e. The summed E-state index contributed by atoms with van der Waals surface area (Å²) in [6.45, 7) is 2.18. The van der Waals surface area contributed by atoms with Crippen LogP contribution >= 0.6 is 0 Å². The molecular weight excluding hydrogens is 200 g/mol. The van der Waals surface area contributed by atoms with Crippen LogP contribution in [0.4, 0.5) is 0 Å². The molecule has 1 aliphatic heterocycles. The van der Waals surface area contributed by atoms with E-state index >= 15 is 0 Å². The van der Waals surface area contributed by atoms with Crippen molar-refractivity contribution in [2.75, 3.05) is 13.1 Å². The molecule has 0 atom stereocenters. The molecule has 2 rings (SSSR count). The molecule has 1 fully saturated rings. The van der Waals surface area contributed by atoms with E-state index in [9.17, 15) is 5.11 Å². The zero-order chi connectivity index (χ0) is 11.4. The number of benzene rings is 1. The van der Waals surface area contributed by atoms with E-state index in [2.05, 4.69) is 5.32 Å². The van der Waals surface area contributed by atoms with E-state index in [0.29, 0.717) is 11.5 Å². The maximum absolute atomic E-state index is 9.41. The first-order valence-corrected chi connectivity index (χ1v) is 5.72. The summed E-state index contributed by atoms with van der Waals surface area (Å²) in [5.41, 5.74) is 1.53. The molecule has 0 unspecified atom stereocenters. The van der Waals surface area contributed by atoms with E-state index < -0.39 is 0 Å². The van der Waals surface area contributed by atoms with E-state index in [0.717, 1.165) is 25.1 Å². The highest BCUT2D eigenvalue weighted by Gasteiger charge is 2.14. The largest absolute Gasteiger partial charge is 0.507 e. The molecule has 84 valence electrons. The minimum absolute atomic E-state index is 0.0801. The first-order valence-electron chi connectivity index (χ1n) is 5.72. The number of piperidine rings is 1. The van der Waals surface area contributed by atoms with E-state index in [1.807, 2.05) is 12.1 Å². The number of phenolic OH excluding ortho intramolecular Hbond substituents is 1. The van der Waals surface area contributed by atoms with Gasteiger partial charge in [0.2, 0.25) is 0 Å². The van der Waals surface area contributed by atoms with E-state index in [4.69, 9.17) is 5.26 Å². The smallest absolute Gasteiger partial charge is 0.133 e. The Labute approximate surface area is 95.7 Å². The second kappa shape index (κ2) is 5.00. The Hall–Kier alpha value is -1.53. The highest BCUT2D eigenvalue weighted by atomic mass is 16.3. The lowest BCUT2D eigenvalue weighted by Crippen LogP contribution is -2.28. The van der Waals surface area contributed by atoms with Crippen LogP contribution < -0.4 is 5.32 Å². The molecule has 0 bridgehead atoms. The molecule has 0 amide bonds. The summed E-state index contributed by atoms with van der Waals surface area (Å²) in [5, 5.41) is 21.6. The Kier molecular flexibility index (Phi) is 3.43. The van der Waals surface area contributed by atoms with Crippen LogP contribution in [0.15, 0.2) is 18.2 Å². The first-order chi connectivity index (χ1) is 7.79. The molecule has 0 aromatic heterocycles. The van der Waals surface area contributed by atoms with Crippen molar-refractivity contribution in [3.05, 3.63) is 29.3 Å². The van der Waals surface area contributed by atoms with Gasteiger partial charge in [-0.15, -0.1) is 0 Å². The lowest BCUT2D eigenvalue weighted by Gasteiger charge is -2.22. The van der Waals surface area contributed by atoms with Crippen LogP contribution in [0.25, 0.3) is 0 Å². The Bertz CT molecular complexity index is 403. The maximum atomic E-state index is 9.41. The topological polar surface area (TPSA) is 56.0 Å². The van der Waals surface area contributed by atoms with Gasteiger partial charge in [0.1, 0.15) is 11.8 Å². The second-order valence-electron chi connectivity index (χ2n) is 4.36. The average Bonchev–Trinajstić information content (AvgIpc) is 2.33. The van der Waals surface area contributed by atoms with E-state index in [1.54, 1.807) is 12.1 Å². The zero-order valence-corrected chi connectivity index (χ0v) is 9.24. The minimum atomic E-state index is 0.0801. The normalized spacial score (nSPS) is 16.9. The molecule has 3 heteroatoms. The number of aromatic hydroxyl groups is 1. The Balaban J connectivity index is 2.06. The van der Waals surface area contributed by atoms with Crippen molar-refractivity contribution >= 4 is 0 Å². The second-order valence-corrected chi connectivity index (χ2v) is 4.36. The van der Waals surface area contributed by atoms with Gasteiger partial charge in [0.05, 0.1) is 5.56 Å². The molecule has 1 saturated heterocycles. The van der Waals surface area contributed by atoms with Crippen LogP contribution in [0.2, 0.25) is 0 Å². The summed E-state index contributed by atoms with van der Waals surface area (Å²) in [6.07, 6.45) is 3.40. The third kappa shape index (κ3) is 2.53. The zero-order valence-electron chi connectivity index (χ0n) is 9.24. The maximum Gasteiger partial charge on any atom is 0.133 e. The van der Waals surface area contributed by atoms with Crippen molar-refractivity contribution in [3.8, 4) is 11.8 Å². The summed E-state index contributed by atoms with van der Waals surface area (Å²) >= 11 is 0. The first kappa shape index (κ1) is 11.0. The van der Waals surface area contributed by atoms with Gasteiger partial charge in [0.25, 0.3) is 0 Å². The number of nitrogens with zero attached hydrogens (tertiary/aromatic N) is 1. The summed E-state index contributed by atoms with van der Waals surface area (Å²) in [6, 6.07) is 7.35. The van der Waals surface area contributed by atoms with Crippen molar-refractivity contribution in [2.24, 2.45) is 5.92 Å². The lowest BCUT2D eigenvalue weighted by atomic mass is 9.90. The molecule has 1 heterocycles. The third-order valence-corrected chi connectivity index (χ3v) is 3.16. The molecule has 1 aliphatic rings. The molecule has 1 aromatic rings. The summed E-state index contributed by atoms with van der Waals surface area (Å²) in [5.74, 6) is 0.786. The van der Waals surface area contributed by atoms with Crippen molar-refractivity contribution < 1.29 is 5.11 Å². The van der Waals surface area contributed by atoms with Gasteiger partial charge in [-0.2, -0.15) is 5.26 Å². The van der Waals surface area contributed by atoms with Crippen LogP contribution in [0.5, 0.6) is 5.75 Å². The number of hydrogen-bond donors (Lipinski definition) is 2. The van der Waals surface area contributed by atoms with Crippen molar-refractivity contribution in [1.29, 1.82) is 5.26 Å². The molecule has 2 N–H and O–H groups in total. The summed E-state index contributed by atoms with van der Waals surface area (Å²) < 4.78 is 0. The Morgan fingerprint density at radius 1 is 1.38 bits per heavy atom. The van der Waals surface area contributed by atoms with Crippen molar-refractivity contribution in [3.63, 3.8) is 0 Å². The number of phenols is 1. The van der Waals surface area contributed by atoms with E-state index in [-0.39, 0.29) is 5.75 Å². The number of nitriles is 1. The molecule has 0 spiro atoms. The van der Waals surface area contributed by atoms with Gasteiger partial charge < -0.3 is 10.4 Å². The number of hydrogen-bond acceptors (Lipinski definition) is 3. The van der Waals surface area contributed by atoms with Crippen LogP contribution in [0, 0.1) is 17.2 Å². The van der Waals surface area contributed by atoms with Crippen LogP contribution in [0.1, 0.15) is 24.0 Å². The fourth-order valence-electron chi connectivity index (χ4n) is 2.22. The molecule has 0 aliphatic carbocycles. The van der Waals surface area contributed by atoms with Gasteiger partial charge in [0.15, 0.2) is 0 Å². The van der Waals surface area contributed by atoms with Crippen LogP contribution in [0.3, 0.4) is 0 Å². The van der Waals surface area contributed by atoms with Crippen molar-refractivity contribution in [1.82, 2.24) is 5.32 Å². The molecular formula is C13H16N2O. The highest BCUT2D eigenvalue weighted by molar-refractivity contribution is 5.44.